The van der Waals surface area contributed by atoms with Crippen molar-refractivity contribution < 1.29 is 45.7 Å². The molecule has 5 rings (SSSR count). The van der Waals surface area contributed by atoms with Crippen LogP contribution in [0.15, 0.2) is 82.7 Å². The molecule has 0 spiro atoms. The first kappa shape index (κ1) is 19.3. The van der Waals surface area contributed by atoms with Crippen LogP contribution in [0.4, 0.5) is 17.6 Å². The maximum absolute atomic E-state index is 15.1. The molecule has 11 heteroatoms. The Kier molecular flexibility index (Phi) is 6.23. The second-order valence-corrected chi connectivity index (χ2v) is 11.1. The molecule has 4 aromatic rings. The molecule has 1 amide bonds. The minimum atomic E-state index is -4.62. The van der Waals surface area contributed by atoms with E-state index >= 15 is 4.79 Å². The van der Waals surface area contributed by atoms with Crippen LogP contribution in [0.3, 0.4) is 0 Å². The van der Waals surface area contributed by atoms with Gasteiger partial charge in [0.05, 0.1) is 21.2 Å². The van der Waals surface area contributed by atoms with Crippen molar-refractivity contribution in [3.63, 3.8) is 0 Å². The Balaban J connectivity index is 1.74. The van der Waals surface area contributed by atoms with Gasteiger partial charge in [-0.15, -0.1) is 0 Å². The van der Waals surface area contributed by atoms with Crippen molar-refractivity contribution in [1.82, 2.24) is 19.4 Å². The minimum absolute atomic E-state index is 0.0894. The number of aromatic nitrogens is 2. The molecule has 0 N–H and O–H groups in total. The Bertz CT molecular complexity index is 2520. The van der Waals surface area contributed by atoms with Gasteiger partial charge in [0.15, 0.2) is 5.16 Å². The quantitative estimate of drug-likeness (QED) is 0.0812. The molecule has 1 aliphatic carbocycles. The lowest BCUT2D eigenvalue weighted by Gasteiger charge is -2.33. The van der Waals surface area contributed by atoms with E-state index in [1.807, 2.05) is 0 Å². The van der Waals surface area contributed by atoms with Gasteiger partial charge in [0.2, 0.25) is 5.91 Å². The number of nitrogens with zero attached hydrogens (tertiary/aromatic N) is 4. The van der Waals surface area contributed by atoms with Gasteiger partial charge >= 0.3 is 6.18 Å². The van der Waals surface area contributed by atoms with Gasteiger partial charge in [-0.3, -0.25) is 9.59 Å². The highest BCUT2D eigenvalue weighted by molar-refractivity contribution is 7.98. The number of thioether (sulfide) groups is 1. The molecule has 1 aliphatic rings. The van der Waals surface area contributed by atoms with E-state index in [2.05, 4.69) is 4.98 Å². The van der Waals surface area contributed by atoms with E-state index in [1.165, 1.54) is 36.4 Å². The summed E-state index contributed by atoms with van der Waals surface area (Å²) in [6.45, 7) is -7.35. The second-order valence-electron chi connectivity index (χ2n) is 10.1. The minimum Gasteiger partial charge on any atom is -0.333 e. The van der Waals surface area contributed by atoms with E-state index in [4.69, 9.17) is 19.2 Å². The van der Waals surface area contributed by atoms with Crippen LogP contribution in [0.1, 0.15) is 84.4 Å². The van der Waals surface area contributed by atoms with Crippen LogP contribution in [-0.4, -0.2) is 51.3 Å². The van der Waals surface area contributed by atoms with Crippen LogP contribution in [0.2, 0.25) is 0 Å². The molecule has 3 aromatic carbocycles. The summed E-state index contributed by atoms with van der Waals surface area (Å²) in [5.41, 5.74) is -5.22. The number of rotatable bonds is 13. The number of halogens is 4. The lowest BCUT2D eigenvalue weighted by Crippen LogP contribution is -2.42. The van der Waals surface area contributed by atoms with Crippen molar-refractivity contribution in [2.24, 2.45) is 0 Å². The van der Waals surface area contributed by atoms with Gasteiger partial charge in [-0.05, 0) is 85.5 Å². The third-order valence-corrected chi connectivity index (χ3v) is 8.18. The lowest BCUT2D eigenvalue weighted by atomic mass is 9.99. The Hall–Kier alpha value is -3.96. The first-order chi connectivity index (χ1) is 29.4. The van der Waals surface area contributed by atoms with Gasteiger partial charge in [0, 0.05) is 43.8 Å². The molecule has 0 fully saturated rings. The van der Waals surface area contributed by atoms with Gasteiger partial charge < -0.3 is 14.4 Å². The number of fused-ring (bicyclic) bond motifs is 1. The fraction of sp³-hybridized carbons (Fsp3) is 0.378. The van der Waals surface area contributed by atoms with Crippen LogP contribution in [0, 0.1) is 5.82 Å². The Morgan fingerprint density at radius 1 is 1.04 bits per heavy atom. The van der Waals surface area contributed by atoms with Crippen LogP contribution in [-0.2, 0) is 36.0 Å². The maximum Gasteiger partial charge on any atom is 0.416 e. The van der Waals surface area contributed by atoms with Gasteiger partial charge in [0.25, 0.3) is 5.56 Å². The molecular formula is C37H40F4N4O2S. The summed E-state index contributed by atoms with van der Waals surface area (Å²) < 4.78 is 200. The average Bonchev–Trinajstić information content (AvgIpc) is 3.29. The van der Waals surface area contributed by atoms with Gasteiger partial charge in [-0.2, -0.15) is 18.2 Å². The van der Waals surface area contributed by atoms with E-state index in [0.29, 0.717) is 20.9 Å². The molecule has 0 bridgehead atoms. The Morgan fingerprint density at radius 2 is 1.67 bits per heavy atom. The number of amides is 1. The Labute approximate surface area is 306 Å². The number of carbonyl (C=O) groups is 1. The summed E-state index contributed by atoms with van der Waals surface area (Å²) in [5.74, 6) is -4.12. The van der Waals surface area contributed by atoms with Crippen molar-refractivity contribution >= 4 is 17.7 Å². The molecule has 1 unspecified atom stereocenters. The first-order valence-corrected chi connectivity index (χ1v) is 15.3. The van der Waals surface area contributed by atoms with Crippen molar-refractivity contribution in [1.29, 1.82) is 0 Å². The van der Waals surface area contributed by atoms with Gasteiger partial charge in [-0.25, -0.2) is 4.39 Å². The number of carbonyl (C=O) groups excluding carboxylic acids is 1. The number of alkyl halides is 3. The standard InChI is InChI=1S/C37H40F4N4O2S/c1-4-43(5-2)21-22-44(25(3)27-11-13-28(14-12-27)29-15-17-30(18-16-29)37(39,40)41)34(46)23-45-33-8-6-7-32(33)35(47)42-36(45)48-24-26-9-19-31(38)20-10-26/h9-20,25H,4-8,21-24H2,1-3H3/i4D2,5D2,6D2,7D2,8D2,9D,10D,19D,20D,23D2,25D. The third-order valence-electron chi connectivity index (χ3n) is 7.22. The van der Waals surface area contributed by atoms with Crippen molar-refractivity contribution in [2.45, 2.75) is 69.5 Å². The number of likely N-dealkylation sites (N-methyl/N-ethyl adjacent to an activating group) is 1. The molecule has 48 heavy (non-hydrogen) atoms. The number of benzene rings is 3. The van der Waals surface area contributed by atoms with E-state index < -0.39 is 139 Å². The smallest absolute Gasteiger partial charge is 0.333 e. The number of hydrogen-bond donors (Lipinski definition) is 0. The van der Waals surface area contributed by atoms with Crippen LogP contribution >= 0.6 is 11.8 Å². The van der Waals surface area contributed by atoms with Crippen LogP contribution < -0.4 is 5.56 Å². The zero-order chi connectivity index (χ0) is 49.6. The maximum atomic E-state index is 15.1. The summed E-state index contributed by atoms with van der Waals surface area (Å²) in [5, 5.41) is -0.991. The molecule has 0 aliphatic heterocycles. The monoisotopic (exact) mass is 697 g/mol. The SMILES string of the molecule is [2H]c1c([2H])c(CSc2nc(=O)c3c(n2C([2H])([2H])C(=O)N(CCN(C([2H])([2H])C)C([2H])([2H])C)C([2H])(C)c2ccc(-c4ccc(C(F)(F)F)cc4)cc2)C([2H])([2H])C([2H])([2H])C3([2H])[2H])c([2H])c([2H])c1F. The Morgan fingerprint density at radius 3 is 2.27 bits per heavy atom. The number of hydrogen-bond acceptors (Lipinski definition) is 5. The molecule has 1 heterocycles. The van der Waals surface area contributed by atoms with E-state index in [-0.39, 0.29) is 21.9 Å². The normalized spacial score (nSPS) is 23.4. The zero-order valence-corrected chi connectivity index (χ0v) is 26.6. The fourth-order valence-electron chi connectivity index (χ4n) is 4.64. The van der Waals surface area contributed by atoms with Gasteiger partial charge in [0.1, 0.15) is 12.3 Å². The summed E-state index contributed by atoms with van der Waals surface area (Å²) >= 11 is 0.203. The van der Waals surface area contributed by atoms with Gasteiger partial charge in [-0.1, -0.05) is 74.1 Å². The molecule has 6 nitrogen and oxygen atoms in total. The predicted molar refractivity (Wildman–Crippen MR) is 181 cm³/mol. The van der Waals surface area contributed by atoms with Crippen molar-refractivity contribution in [3.05, 3.63) is 117 Å². The highest BCUT2D eigenvalue weighted by Gasteiger charge is 2.30. The van der Waals surface area contributed by atoms with E-state index in [9.17, 15) is 26.5 Å². The summed E-state index contributed by atoms with van der Waals surface area (Å²) in [6.07, 6.45) is -15.5. The van der Waals surface area contributed by atoms with Crippen LogP contribution in [0.5, 0.6) is 0 Å². The lowest BCUT2D eigenvalue weighted by molar-refractivity contribution is -0.137. The molecular weight excluding hydrogens is 640 g/mol. The van der Waals surface area contributed by atoms with Crippen molar-refractivity contribution in [2.75, 3.05) is 26.1 Å². The molecule has 254 valence electrons. The summed E-state index contributed by atoms with van der Waals surface area (Å²) in [7, 11) is 0. The second kappa shape index (κ2) is 15.5. The third kappa shape index (κ3) is 8.36. The largest absolute Gasteiger partial charge is 0.416 e. The topological polar surface area (TPSA) is 58.4 Å². The molecule has 0 saturated carbocycles. The van der Waals surface area contributed by atoms with Crippen molar-refractivity contribution in [3.8, 4) is 11.1 Å². The fourth-order valence-corrected chi connectivity index (χ4v) is 5.47. The average molecular weight is 698 g/mol. The highest BCUT2D eigenvalue weighted by Crippen LogP contribution is 2.32. The zero-order valence-electron chi connectivity index (χ0n) is 42.8. The molecule has 1 aromatic heterocycles. The van der Waals surface area contributed by atoms with Crippen LogP contribution in [0.25, 0.3) is 11.1 Å². The van der Waals surface area contributed by atoms with E-state index in [0.717, 1.165) is 32.9 Å². The predicted octanol–water partition coefficient (Wildman–Crippen LogP) is 7.78. The summed E-state index contributed by atoms with van der Waals surface area (Å²) in [4.78, 5) is 33.6. The first-order valence-electron chi connectivity index (χ1n) is 22.8. The molecule has 0 radical (unpaired) electrons. The highest BCUT2D eigenvalue weighted by atomic mass is 32.2. The molecule has 1 atom stereocenters. The summed E-state index contributed by atoms with van der Waals surface area (Å²) in [6, 6.07) is 2.84. The van der Waals surface area contributed by atoms with E-state index in [1.54, 1.807) is 0 Å². The molecule has 0 saturated heterocycles.